The van der Waals surface area contributed by atoms with E-state index in [0.29, 0.717) is 28.1 Å². The number of amides is 1. The quantitative estimate of drug-likeness (QED) is 0.514. The smallest absolute Gasteiger partial charge is 0.251 e. The molecule has 29 heavy (non-hydrogen) atoms. The first-order valence-electron chi connectivity index (χ1n) is 9.24. The minimum absolute atomic E-state index is 0.208. The van der Waals surface area contributed by atoms with Gasteiger partial charge in [0, 0.05) is 20.9 Å². The molecule has 0 aliphatic heterocycles. The zero-order valence-corrected chi connectivity index (χ0v) is 17.0. The van der Waals surface area contributed by atoms with Gasteiger partial charge >= 0.3 is 0 Å². The second-order valence-electron chi connectivity index (χ2n) is 6.61. The van der Waals surface area contributed by atoms with Gasteiger partial charge in [-0.05, 0) is 54.3 Å². The Labute approximate surface area is 172 Å². The van der Waals surface area contributed by atoms with E-state index in [9.17, 15) is 14.0 Å². The molecule has 1 N–H and O–H groups in total. The standard InChI is InChI=1S/C22H21FN2O3S/c1-3-14(2)19-9-15(22(27)25-11-18-10-24-13-28-18)4-6-21(19)29-20-7-5-17(23)8-16(20)12-26/h4-10,12-14H,3,11H2,1-2H3,(H,25,27). The summed E-state index contributed by atoms with van der Waals surface area (Å²) in [5.41, 5.74) is 1.85. The van der Waals surface area contributed by atoms with Crippen molar-refractivity contribution in [2.24, 2.45) is 0 Å². The van der Waals surface area contributed by atoms with E-state index in [4.69, 9.17) is 4.42 Å². The molecule has 0 aliphatic carbocycles. The second kappa shape index (κ2) is 9.52. The second-order valence-corrected chi connectivity index (χ2v) is 7.70. The number of carbonyl (C=O) groups is 2. The zero-order chi connectivity index (χ0) is 20.8. The average Bonchev–Trinajstić information content (AvgIpc) is 3.26. The summed E-state index contributed by atoms with van der Waals surface area (Å²) >= 11 is 1.40. The molecule has 2 aromatic carbocycles. The molecular formula is C22H21FN2O3S. The molecule has 1 unspecified atom stereocenters. The van der Waals surface area contributed by atoms with E-state index in [2.05, 4.69) is 24.1 Å². The highest BCUT2D eigenvalue weighted by Crippen LogP contribution is 2.37. The summed E-state index contributed by atoms with van der Waals surface area (Å²) in [6.07, 6.45) is 4.41. The van der Waals surface area contributed by atoms with Crippen LogP contribution in [0.2, 0.25) is 0 Å². The Morgan fingerprint density at radius 1 is 1.28 bits per heavy atom. The van der Waals surface area contributed by atoms with E-state index in [1.807, 2.05) is 12.1 Å². The number of halogens is 1. The number of nitrogens with one attached hydrogen (secondary N) is 1. The SMILES string of the molecule is CCC(C)c1cc(C(=O)NCc2cnco2)ccc1Sc1ccc(F)cc1C=O. The molecule has 150 valence electrons. The van der Waals surface area contributed by atoms with Crippen molar-refractivity contribution < 1.29 is 18.4 Å². The van der Waals surface area contributed by atoms with Crippen LogP contribution < -0.4 is 5.32 Å². The Bertz CT molecular complexity index is 1010. The highest BCUT2D eigenvalue weighted by molar-refractivity contribution is 7.99. The van der Waals surface area contributed by atoms with Crippen LogP contribution in [0.3, 0.4) is 0 Å². The monoisotopic (exact) mass is 412 g/mol. The van der Waals surface area contributed by atoms with E-state index in [0.717, 1.165) is 16.9 Å². The van der Waals surface area contributed by atoms with E-state index >= 15 is 0 Å². The topological polar surface area (TPSA) is 72.2 Å². The van der Waals surface area contributed by atoms with E-state index in [1.165, 1.54) is 30.3 Å². The third-order valence-electron chi connectivity index (χ3n) is 4.64. The van der Waals surface area contributed by atoms with Gasteiger partial charge in [-0.2, -0.15) is 0 Å². The third kappa shape index (κ3) is 5.12. The Kier molecular flexibility index (Phi) is 6.82. The van der Waals surface area contributed by atoms with Crippen LogP contribution in [-0.4, -0.2) is 17.2 Å². The van der Waals surface area contributed by atoms with Crippen molar-refractivity contribution in [2.45, 2.75) is 42.5 Å². The number of hydrogen-bond acceptors (Lipinski definition) is 5. The number of nitrogens with zero attached hydrogens (tertiary/aromatic N) is 1. The molecule has 1 amide bonds. The number of aromatic nitrogens is 1. The van der Waals surface area contributed by atoms with Crippen molar-refractivity contribution >= 4 is 24.0 Å². The summed E-state index contributed by atoms with van der Waals surface area (Å²) < 4.78 is 18.6. The number of rotatable bonds is 8. The predicted molar refractivity (Wildman–Crippen MR) is 109 cm³/mol. The van der Waals surface area contributed by atoms with Crippen LogP contribution in [0.25, 0.3) is 0 Å². The van der Waals surface area contributed by atoms with Crippen LogP contribution in [0.5, 0.6) is 0 Å². The number of benzene rings is 2. The molecule has 1 aromatic heterocycles. The highest BCUT2D eigenvalue weighted by atomic mass is 32.2. The first-order chi connectivity index (χ1) is 14.0. The maximum Gasteiger partial charge on any atom is 0.251 e. The zero-order valence-electron chi connectivity index (χ0n) is 16.1. The molecule has 0 aliphatic rings. The molecule has 3 rings (SSSR count). The maximum atomic E-state index is 13.4. The van der Waals surface area contributed by atoms with Crippen molar-refractivity contribution in [3.05, 3.63) is 77.3 Å². The third-order valence-corrected chi connectivity index (χ3v) is 5.82. The number of oxazole rings is 1. The summed E-state index contributed by atoms with van der Waals surface area (Å²) in [6, 6.07) is 9.65. The molecule has 1 heterocycles. The first kappa shape index (κ1) is 20.8. The van der Waals surface area contributed by atoms with Crippen LogP contribution in [0.15, 0.2) is 63.2 Å². The van der Waals surface area contributed by atoms with Crippen molar-refractivity contribution in [1.82, 2.24) is 10.3 Å². The fourth-order valence-electron chi connectivity index (χ4n) is 2.81. The Morgan fingerprint density at radius 2 is 2.07 bits per heavy atom. The van der Waals surface area contributed by atoms with Gasteiger partial charge in [0.25, 0.3) is 5.91 Å². The lowest BCUT2D eigenvalue weighted by atomic mass is 9.96. The molecule has 5 nitrogen and oxygen atoms in total. The van der Waals surface area contributed by atoms with Gasteiger partial charge in [-0.1, -0.05) is 25.6 Å². The van der Waals surface area contributed by atoms with Crippen molar-refractivity contribution in [3.63, 3.8) is 0 Å². The van der Waals surface area contributed by atoms with Crippen LogP contribution in [0, 0.1) is 5.82 Å². The van der Waals surface area contributed by atoms with Gasteiger partial charge in [-0.3, -0.25) is 9.59 Å². The van der Waals surface area contributed by atoms with Gasteiger partial charge in [0.05, 0.1) is 12.7 Å². The molecule has 0 spiro atoms. The average molecular weight is 412 g/mol. The number of hydrogen-bond donors (Lipinski definition) is 1. The van der Waals surface area contributed by atoms with Gasteiger partial charge in [0.15, 0.2) is 12.7 Å². The normalized spacial score (nSPS) is 11.8. The predicted octanol–water partition coefficient (Wildman–Crippen LogP) is 5.22. The Hall–Kier alpha value is -2.93. The minimum atomic E-state index is -0.447. The number of aldehydes is 1. The molecule has 0 saturated carbocycles. The van der Waals surface area contributed by atoms with Crippen molar-refractivity contribution in [2.75, 3.05) is 0 Å². The molecule has 0 radical (unpaired) electrons. The molecule has 3 aromatic rings. The Morgan fingerprint density at radius 3 is 2.76 bits per heavy atom. The maximum absolute atomic E-state index is 13.4. The van der Waals surface area contributed by atoms with Gasteiger partial charge < -0.3 is 9.73 Å². The van der Waals surface area contributed by atoms with Gasteiger partial charge in [-0.15, -0.1) is 0 Å². The molecule has 0 fully saturated rings. The lowest BCUT2D eigenvalue weighted by Crippen LogP contribution is -2.22. The van der Waals surface area contributed by atoms with E-state index < -0.39 is 5.82 Å². The fourth-order valence-corrected chi connectivity index (χ4v) is 3.92. The molecule has 0 bridgehead atoms. The first-order valence-corrected chi connectivity index (χ1v) is 10.1. The largest absolute Gasteiger partial charge is 0.447 e. The van der Waals surface area contributed by atoms with Gasteiger partial charge in [-0.25, -0.2) is 9.37 Å². The van der Waals surface area contributed by atoms with Crippen LogP contribution in [-0.2, 0) is 6.54 Å². The van der Waals surface area contributed by atoms with Crippen molar-refractivity contribution in [1.29, 1.82) is 0 Å². The summed E-state index contributed by atoms with van der Waals surface area (Å²) in [5.74, 6) is 0.125. The number of carbonyl (C=O) groups excluding carboxylic acids is 2. The Balaban J connectivity index is 1.86. The highest BCUT2D eigenvalue weighted by Gasteiger charge is 2.16. The van der Waals surface area contributed by atoms with Gasteiger partial charge in [0.2, 0.25) is 0 Å². The van der Waals surface area contributed by atoms with Crippen molar-refractivity contribution in [3.8, 4) is 0 Å². The molecule has 1 atom stereocenters. The molecule has 0 saturated heterocycles. The van der Waals surface area contributed by atoms with E-state index in [-0.39, 0.29) is 18.4 Å². The lowest BCUT2D eigenvalue weighted by molar-refractivity contribution is 0.0947. The fraction of sp³-hybridized carbons (Fsp3) is 0.227. The van der Waals surface area contributed by atoms with E-state index in [1.54, 1.807) is 18.3 Å². The summed E-state index contributed by atoms with van der Waals surface area (Å²) in [5, 5.41) is 2.81. The summed E-state index contributed by atoms with van der Waals surface area (Å²) in [7, 11) is 0. The van der Waals surface area contributed by atoms with Gasteiger partial charge in [0.1, 0.15) is 11.6 Å². The van der Waals surface area contributed by atoms with Crippen LogP contribution in [0.1, 0.15) is 58.2 Å². The lowest BCUT2D eigenvalue weighted by Gasteiger charge is -2.17. The van der Waals surface area contributed by atoms with Crippen LogP contribution >= 0.6 is 11.8 Å². The minimum Gasteiger partial charge on any atom is -0.447 e. The summed E-state index contributed by atoms with van der Waals surface area (Å²) in [6.45, 7) is 4.41. The molecule has 7 heteroatoms. The molecular weight excluding hydrogens is 391 g/mol. The summed E-state index contributed by atoms with van der Waals surface area (Å²) in [4.78, 5) is 29.3. The van der Waals surface area contributed by atoms with Crippen LogP contribution in [0.4, 0.5) is 4.39 Å².